The van der Waals surface area contributed by atoms with Crippen molar-refractivity contribution in [2.45, 2.75) is 13.3 Å². The van der Waals surface area contributed by atoms with Gasteiger partial charge in [-0.1, -0.05) is 25.1 Å². The lowest BCUT2D eigenvalue weighted by molar-refractivity contribution is 0.102. The van der Waals surface area contributed by atoms with Gasteiger partial charge >= 0.3 is 0 Å². The van der Waals surface area contributed by atoms with Gasteiger partial charge in [0.25, 0.3) is 5.91 Å². The van der Waals surface area contributed by atoms with Crippen LogP contribution in [0.15, 0.2) is 54.9 Å². The predicted molar refractivity (Wildman–Crippen MR) is 109 cm³/mol. The van der Waals surface area contributed by atoms with Gasteiger partial charge in [-0.25, -0.2) is 9.97 Å². The van der Waals surface area contributed by atoms with E-state index in [0.717, 1.165) is 17.7 Å². The highest BCUT2D eigenvalue weighted by Gasteiger charge is 2.12. The number of rotatable bonds is 7. The molecule has 1 heterocycles. The predicted octanol–water partition coefficient (Wildman–Crippen LogP) is 4.05. The van der Waals surface area contributed by atoms with Crippen LogP contribution in [0.3, 0.4) is 0 Å². The second kappa shape index (κ2) is 8.85. The average molecular weight is 378 g/mol. The summed E-state index contributed by atoms with van der Waals surface area (Å²) < 4.78 is 10.6. The van der Waals surface area contributed by atoms with Crippen molar-refractivity contribution in [3.63, 3.8) is 0 Å². The molecule has 144 valence electrons. The summed E-state index contributed by atoms with van der Waals surface area (Å²) in [6.07, 6.45) is 2.16. The van der Waals surface area contributed by atoms with E-state index in [1.165, 1.54) is 6.33 Å². The first kappa shape index (κ1) is 19.2. The third-order valence-corrected chi connectivity index (χ3v) is 4.22. The van der Waals surface area contributed by atoms with Crippen LogP contribution >= 0.6 is 0 Å². The van der Waals surface area contributed by atoms with E-state index < -0.39 is 0 Å². The molecule has 1 amide bonds. The molecule has 0 saturated heterocycles. The van der Waals surface area contributed by atoms with Gasteiger partial charge in [-0.15, -0.1) is 0 Å². The van der Waals surface area contributed by atoms with Crippen molar-refractivity contribution in [3.05, 3.63) is 66.1 Å². The highest BCUT2D eigenvalue weighted by molar-refractivity contribution is 6.03. The first-order valence-electron chi connectivity index (χ1n) is 8.85. The van der Waals surface area contributed by atoms with Crippen LogP contribution in [-0.4, -0.2) is 30.1 Å². The van der Waals surface area contributed by atoms with Crippen LogP contribution in [0.1, 0.15) is 23.0 Å². The van der Waals surface area contributed by atoms with Gasteiger partial charge in [0, 0.05) is 17.8 Å². The number of methoxy groups -OCH3 is 2. The van der Waals surface area contributed by atoms with Crippen molar-refractivity contribution in [2.24, 2.45) is 0 Å². The zero-order valence-electron chi connectivity index (χ0n) is 16.0. The Hall–Kier alpha value is -3.61. The number of hydrogen-bond donors (Lipinski definition) is 2. The van der Waals surface area contributed by atoms with Crippen LogP contribution in [0.4, 0.5) is 17.2 Å². The maximum atomic E-state index is 12.6. The van der Waals surface area contributed by atoms with Crippen molar-refractivity contribution >= 4 is 23.1 Å². The molecule has 7 heteroatoms. The lowest BCUT2D eigenvalue weighted by atomic mass is 10.1. The number of benzene rings is 2. The number of para-hydroxylation sites is 1. The highest BCUT2D eigenvalue weighted by atomic mass is 16.5. The zero-order chi connectivity index (χ0) is 19.9. The topological polar surface area (TPSA) is 85.4 Å². The number of carbonyl (C=O) groups excluding carboxylic acids is 1. The van der Waals surface area contributed by atoms with Crippen molar-refractivity contribution < 1.29 is 14.3 Å². The molecule has 0 aliphatic rings. The van der Waals surface area contributed by atoms with Crippen LogP contribution < -0.4 is 20.1 Å². The molecule has 0 unspecified atom stereocenters. The van der Waals surface area contributed by atoms with Crippen LogP contribution in [-0.2, 0) is 6.42 Å². The van der Waals surface area contributed by atoms with Crippen LogP contribution in [0.2, 0.25) is 0 Å². The smallest absolute Gasteiger partial charge is 0.274 e. The second-order valence-electron chi connectivity index (χ2n) is 5.94. The summed E-state index contributed by atoms with van der Waals surface area (Å²) in [6, 6.07) is 14.7. The minimum atomic E-state index is -0.302. The average Bonchev–Trinajstić information content (AvgIpc) is 2.74. The summed E-state index contributed by atoms with van der Waals surface area (Å²) in [7, 11) is 3.17. The summed E-state index contributed by atoms with van der Waals surface area (Å²) >= 11 is 0. The molecule has 3 aromatic rings. The molecule has 2 aromatic carbocycles. The lowest BCUT2D eigenvalue weighted by Crippen LogP contribution is -2.15. The van der Waals surface area contributed by atoms with Gasteiger partial charge in [0.05, 0.1) is 19.9 Å². The third kappa shape index (κ3) is 4.37. The molecule has 0 atom stereocenters. The number of carbonyl (C=O) groups is 1. The molecule has 1 aromatic heterocycles. The molecule has 0 aliphatic carbocycles. The molecule has 0 saturated carbocycles. The van der Waals surface area contributed by atoms with Crippen molar-refractivity contribution in [2.75, 3.05) is 24.9 Å². The third-order valence-electron chi connectivity index (χ3n) is 4.22. The molecule has 2 N–H and O–H groups in total. The van der Waals surface area contributed by atoms with E-state index >= 15 is 0 Å². The van der Waals surface area contributed by atoms with Gasteiger partial charge in [-0.3, -0.25) is 4.79 Å². The van der Waals surface area contributed by atoms with E-state index in [4.69, 9.17) is 9.47 Å². The number of hydrogen-bond acceptors (Lipinski definition) is 6. The normalized spacial score (nSPS) is 10.2. The number of anilines is 3. The molecule has 0 spiro atoms. The Labute approximate surface area is 163 Å². The molecular formula is C21H22N4O3. The Balaban J connectivity index is 1.82. The first-order chi connectivity index (χ1) is 13.6. The molecule has 7 nitrogen and oxygen atoms in total. The van der Waals surface area contributed by atoms with Crippen LogP contribution in [0, 0.1) is 0 Å². The Bertz CT molecular complexity index is 975. The maximum Gasteiger partial charge on any atom is 0.274 e. The molecule has 0 radical (unpaired) electrons. The standard InChI is InChI=1S/C21H22N4O3/c1-4-14-7-5-6-8-16(14)25-21(26)18-12-20(23-13-22-18)24-17-11-15(27-2)9-10-19(17)28-3/h5-13H,4H2,1-3H3,(H,25,26)(H,22,23,24). The number of nitrogens with one attached hydrogen (secondary N) is 2. The Morgan fingerprint density at radius 3 is 2.57 bits per heavy atom. The first-order valence-corrected chi connectivity index (χ1v) is 8.85. The minimum Gasteiger partial charge on any atom is -0.497 e. The van der Waals surface area contributed by atoms with E-state index in [9.17, 15) is 4.79 Å². The summed E-state index contributed by atoms with van der Waals surface area (Å²) in [6.45, 7) is 2.04. The van der Waals surface area contributed by atoms with E-state index in [1.54, 1.807) is 38.5 Å². The number of aryl methyl sites for hydroxylation is 1. The fourth-order valence-corrected chi connectivity index (χ4v) is 2.74. The Morgan fingerprint density at radius 1 is 1.00 bits per heavy atom. The maximum absolute atomic E-state index is 12.6. The van der Waals surface area contributed by atoms with Gasteiger partial charge in [0.2, 0.25) is 0 Å². The molecule has 0 fully saturated rings. The van der Waals surface area contributed by atoms with Crippen LogP contribution in [0.5, 0.6) is 11.5 Å². The molecule has 3 rings (SSSR count). The SMILES string of the molecule is CCc1ccccc1NC(=O)c1cc(Nc2cc(OC)ccc2OC)ncn1. The van der Waals surface area contributed by atoms with Gasteiger partial charge in [-0.05, 0) is 30.2 Å². The van der Waals surface area contributed by atoms with Gasteiger partial charge in [0.1, 0.15) is 29.3 Å². The summed E-state index contributed by atoms with van der Waals surface area (Å²) in [5.74, 6) is 1.47. The Morgan fingerprint density at radius 2 is 1.82 bits per heavy atom. The van der Waals surface area contributed by atoms with Crippen molar-refractivity contribution in [1.82, 2.24) is 9.97 Å². The summed E-state index contributed by atoms with van der Waals surface area (Å²) in [5, 5.41) is 6.05. The number of aromatic nitrogens is 2. The van der Waals surface area contributed by atoms with Gasteiger partial charge in [0.15, 0.2) is 0 Å². The summed E-state index contributed by atoms with van der Waals surface area (Å²) in [5.41, 5.74) is 2.76. The van der Waals surface area contributed by atoms with Crippen molar-refractivity contribution in [3.8, 4) is 11.5 Å². The number of amides is 1. The molecule has 28 heavy (non-hydrogen) atoms. The van der Waals surface area contributed by atoms with Crippen LogP contribution in [0.25, 0.3) is 0 Å². The Kier molecular flexibility index (Phi) is 6.06. The van der Waals surface area contributed by atoms with E-state index in [0.29, 0.717) is 23.0 Å². The fraction of sp³-hybridized carbons (Fsp3) is 0.190. The number of nitrogens with zero attached hydrogens (tertiary/aromatic N) is 2. The van der Waals surface area contributed by atoms with Gasteiger partial charge < -0.3 is 20.1 Å². The monoisotopic (exact) mass is 378 g/mol. The summed E-state index contributed by atoms with van der Waals surface area (Å²) in [4.78, 5) is 20.9. The number of ether oxygens (including phenoxy) is 2. The van der Waals surface area contributed by atoms with E-state index in [-0.39, 0.29) is 11.6 Å². The quantitative estimate of drug-likeness (QED) is 0.645. The zero-order valence-corrected chi connectivity index (χ0v) is 16.0. The molecular weight excluding hydrogens is 356 g/mol. The lowest BCUT2D eigenvalue weighted by Gasteiger charge is -2.13. The van der Waals surface area contributed by atoms with Crippen molar-refractivity contribution in [1.29, 1.82) is 0 Å². The largest absolute Gasteiger partial charge is 0.497 e. The fourth-order valence-electron chi connectivity index (χ4n) is 2.74. The van der Waals surface area contributed by atoms with Gasteiger partial charge in [-0.2, -0.15) is 0 Å². The van der Waals surface area contributed by atoms with E-state index in [1.807, 2.05) is 31.2 Å². The highest BCUT2D eigenvalue weighted by Crippen LogP contribution is 2.31. The molecule has 0 bridgehead atoms. The van der Waals surface area contributed by atoms with E-state index in [2.05, 4.69) is 20.6 Å². The second-order valence-corrected chi connectivity index (χ2v) is 5.94. The minimum absolute atomic E-state index is 0.255. The molecule has 0 aliphatic heterocycles.